The Hall–Kier alpha value is 0.0969. The van der Waals surface area contributed by atoms with Crippen molar-refractivity contribution in [2.75, 3.05) is 19.7 Å². The zero-order valence-corrected chi connectivity index (χ0v) is 11.6. The Balaban J connectivity index is 2.60. The molecule has 2 atom stereocenters. The van der Waals surface area contributed by atoms with E-state index in [4.69, 9.17) is 4.43 Å². The summed E-state index contributed by atoms with van der Waals surface area (Å²) in [4.78, 5) is 0. The lowest BCUT2D eigenvalue weighted by molar-refractivity contribution is 0.111. The third-order valence-electron chi connectivity index (χ3n) is 3.76. The molecule has 0 aromatic rings. The molecule has 0 aromatic heterocycles. The van der Waals surface area contributed by atoms with Crippen molar-refractivity contribution < 1.29 is 9.53 Å². The van der Waals surface area contributed by atoms with E-state index in [0.29, 0.717) is 0 Å². The molecule has 90 valence electrons. The van der Waals surface area contributed by atoms with Gasteiger partial charge in [0.25, 0.3) is 0 Å². The highest BCUT2D eigenvalue weighted by atomic mass is 28.4. The molecular weight excluding hydrogens is 206 g/mol. The van der Waals surface area contributed by atoms with Gasteiger partial charge in [0.15, 0.2) is 8.32 Å². The molecule has 0 unspecified atom stereocenters. The Morgan fingerprint density at radius 1 is 1.33 bits per heavy atom. The van der Waals surface area contributed by atoms with E-state index < -0.39 is 8.32 Å². The zero-order valence-electron chi connectivity index (χ0n) is 10.6. The van der Waals surface area contributed by atoms with Crippen LogP contribution in [0.1, 0.15) is 20.8 Å². The molecule has 0 saturated carbocycles. The highest BCUT2D eigenvalue weighted by Gasteiger charge is 2.41. The molecule has 15 heavy (non-hydrogen) atoms. The fourth-order valence-corrected chi connectivity index (χ4v) is 2.97. The van der Waals surface area contributed by atoms with Crippen molar-refractivity contribution in [2.24, 2.45) is 5.92 Å². The van der Waals surface area contributed by atoms with Crippen molar-refractivity contribution in [1.82, 2.24) is 5.32 Å². The summed E-state index contributed by atoms with van der Waals surface area (Å²) in [5.74, 6) is 0.277. The summed E-state index contributed by atoms with van der Waals surface area (Å²) in [6.45, 7) is 13.3. The molecule has 0 aromatic carbocycles. The summed E-state index contributed by atoms with van der Waals surface area (Å²) < 4.78 is 6.28. The Morgan fingerprint density at radius 3 is 2.40 bits per heavy atom. The van der Waals surface area contributed by atoms with Gasteiger partial charge in [-0.3, -0.25) is 0 Å². The molecule has 0 spiro atoms. The van der Waals surface area contributed by atoms with E-state index in [9.17, 15) is 5.11 Å². The number of aliphatic hydroxyl groups is 1. The van der Waals surface area contributed by atoms with Gasteiger partial charge in [-0.15, -0.1) is 0 Å². The Bertz CT molecular complexity index is 213. The second-order valence-electron chi connectivity index (χ2n) is 6.02. The van der Waals surface area contributed by atoms with Crippen molar-refractivity contribution in [3.63, 3.8) is 0 Å². The van der Waals surface area contributed by atoms with E-state index in [2.05, 4.69) is 39.2 Å². The van der Waals surface area contributed by atoms with Gasteiger partial charge < -0.3 is 14.8 Å². The summed E-state index contributed by atoms with van der Waals surface area (Å²) >= 11 is 0. The van der Waals surface area contributed by atoms with Gasteiger partial charge >= 0.3 is 0 Å². The second kappa shape index (κ2) is 4.53. The molecule has 3 nitrogen and oxygen atoms in total. The van der Waals surface area contributed by atoms with E-state index in [1.165, 1.54) is 0 Å². The van der Waals surface area contributed by atoms with Gasteiger partial charge in [0.1, 0.15) is 0 Å². The normalized spacial score (nSPS) is 28.4. The van der Waals surface area contributed by atoms with Crippen LogP contribution in [0.4, 0.5) is 0 Å². The number of hydrogen-bond acceptors (Lipinski definition) is 3. The van der Waals surface area contributed by atoms with Crippen LogP contribution in [0.3, 0.4) is 0 Å². The van der Waals surface area contributed by atoms with Crippen LogP contribution >= 0.6 is 0 Å². The smallest absolute Gasteiger partial charge is 0.192 e. The van der Waals surface area contributed by atoms with Crippen LogP contribution in [0.5, 0.6) is 0 Å². The fourth-order valence-electron chi connectivity index (χ4n) is 1.58. The standard InChI is InChI=1S/C11H25NO2Si/c1-11(2,3)15(4,5)14-10-7-12-6-9(10)8-13/h9-10,12-13H,6-8H2,1-5H3/t9-,10-/m0/s1. The van der Waals surface area contributed by atoms with Crippen molar-refractivity contribution in [1.29, 1.82) is 0 Å². The SMILES string of the molecule is CC(C)(C)[Si](C)(C)O[C@H]1CNC[C@H]1CO. The van der Waals surface area contributed by atoms with Crippen LogP contribution in [0.25, 0.3) is 0 Å². The predicted molar refractivity (Wildman–Crippen MR) is 65.5 cm³/mol. The second-order valence-corrected chi connectivity index (χ2v) is 10.8. The highest BCUT2D eigenvalue weighted by Crippen LogP contribution is 2.38. The van der Waals surface area contributed by atoms with Crippen LogP contribution in [0.2, 0.25) is 18.1 Å². The number of nitrogens with one attached hydrogen (secondary N) is 1. The van der Waals surface area contributed by atoms with Gasteiger partial charge in [-0.1, -0.05) is 20.8 Å². The molecule has 0 aliphatic carbocycles. The molecule has 2 N–H and O–H groups in total. The van der Waals surface area contributed by atoms with E-state index in [0.717, 1.165) is 13.1 Å². The predicted octanol–water partition coefficient (Wildman–Crippen LogP) is 1.59. The van der Waals surface area contributed by atoms with E-state index in [1.807, 2.05) is 0 Å². The van der Waals surface area contributed by atoms with Crippen LogP contribution in [0.15, 0.2) is 0 Å². The van der Waals surface area contributed by atoms with Gasteiger partial charge in [-0.25, -0.2) is 0 Å². The largest absolute Gasteiger partial charge is 0.412 e. The summed E-state index contributed by atoms with van der Waals surface area (Å²) in [6.07, 6.45) is 0.205. The average molecular weight is 231 g/mol. The number of aliphatic hydroxyl groups excluding tert-OH is 1. The molecule has 1 aliphatic rings. The molecule has 0 radical (unpaired) electrons. The Kier molecular flexibility index (Phi) is 3.98. The first kappa shape index (κ1) is 13.2. The van der Waals surface area contributed by atoms with Crippen molar-refractivity contribution in [3.8, 4) is 0 Å². The minimum atomic E-state index is -1.68. The van der Waals surface area contributed by atoms with Gasteiger partial charge in [-0.2, -0.15) is 0 Å². The third-order valence-corrected chi connectivity index (χ3v) is 8.27. The third kappa shape index (κ3) is 3.03. The van der Waals surface area contributed by atoms with Gasteiger partial charge in [0.05, 0.1) is 6.10 Å². The summed E-state index contributed by atoms with van der Waals surface area (Å²) in [6, 6.07) is 0. The topological polar surface area (TPSA) is 41.5 Å². The van der Waals surface area contributed by atoms with Gasteiger partial charge in [0.2, 0.25) is 0 Å². The Labute approximate surface area is 94.3 Å². The zero-order chi connectivity index (χ0) is 11.7. The molecule has 1 rings (SSSR count). The van der Waals surface area contributed by atoms with Crippen LogP contribution in [0, 0.1) is 5.92 Å². The van der Waals surface area contributed by atoms with Crippen molar-refractivity contribution in [3.05, 3.63) is 0 Å². The summed E-state index contributed by atoms with van der Waals surface area (Å²) in [5, 5.41) is 12.8. The quantitative estimate of drug-likeness (QED) is 0.725. The first-order valence-electron chi connectivity index (χ1n) is 5.77. The summed E-state index contributed by atoms with van der Waals surface area (Å²) in [7, 11) is -1.68. The van der Waals surface area contributed by atoms with Gasteiger partial charge in [0, 0.05) is 25.6 Å². The number of rotatable bonds is 3. The number of hydrogen-bond donors (Lipinski definition) is 2. The first-order chi connectivity index (χ1) is 6.78. The lowest BCUT2D eigenvalue weighted by Crippen LogP contribution is -2.46. The maximum Gasteiger partial charge on any atom is 0.192 e. The molecule has 1 fully saturated rings. The van der Waals surface area contributed by atoms with Crippen molar-refractivity contribution >= 4 is 8.32 Å². The summed E-state index contributed by atoms with van der Waals surface area (Å²) in [5.41, 5.74) is 0. The van der Waals surface area contributed by atoms with Crippen LogP contribution in [-0.4, -0.2) is 39.2 Å². The average Bonchev–Trinajstić information content (AvgIpc) is 2.48. The fraction of sp³-hybridized carbons (Fsp3) is 1.00. The highest BCUT2D eigenvalue weighted by molar-refractivity contribution is 6.74. The Morgan fingerprint density at radius 2 is 1.93 bits per heavy atom. The molecule has 0 bridgehead atoms. The molecule has 0 amide bonds. The minimum Gasteiger partial charge on any atom is -0.412 e. The maximum atomic E-state index is 9.23. The monoisotopic (exact) mass is 231 g/mol. The van der Waals surface area contributed by atoms with Crippen molar-refractivity contribution in [2.45, 2.75) is 45.0 Å². The van der Waals surface area contributed by atoms with Crippen LogP contribution < -0.4 is 5.32 Å². The van der Waals surface area contributed by atoms with E-state index in [-0.39, 0.29) is 23.7 Å². The molecule has 4 heteroatoms. The van der Waals surface area contributed by atoms with Crippen LogP contribution in [-0.2, 0) is 4.43 Å². The molecule has 1 saturated heterocycles. The minimum absolute atomic E-state index is 0.205. The molecule has 1 aliphatic heterocycles. The first-order valence-corrected chi connectivity index (χ1v) is 8.68. The molecular formula is C11H25NO2Si. The molecule has 1 heterocycles. The van der Waals surface area contributed by atoms with E-state index >= 15 is 0 Å². The lowest BCUT2D eigenvalue weighted by Gasteiger charge is -2.39. The lowest BCUT2D eigenvalue weighted by atomic mass is 10.1. The maximum absolute atomic E-state index is 9.23. The van der Waals surface area contributed by atoms with Gasteiger partial charge in [-0.05, 0) is 18.1 Å². The van der Waals surface area contributed by atoms with E-state index in [1.54, 1.807) is 0 Å².